The van der Waals surface area contributed by atoms with Crippen molar-refractivity contribution in [2.24, 2.45) is 5.41 Å². The molecule has 0 aliphatic carbocycles. The van der Waals surface area contributed by atoms with Crippen LogP contribution in [0.3, 0.4) is 0 Å². The van der Waals surface area contributed by atoms with Crippen molar-refractivity contribution >= 4 is 16.9 Å². The Morgan fingerprint density at radius 3 is 2.59 bits per heavy atom. The normalized spacial score (nSPS) is 13.1. The van der Waals surface area contributed by atoms with Crippen LogP contribution in [0, 0.1) is 12.3 Å². The Bertz CT molecular complexity index is 677. The van der Waals surface area contributed by atoms with Gasteiger partial charge in [-0.25, -0.2) is 9.97 Å². The largest absolute Gasteiger partial charge is 0.468 e. The van der Waals surface area contributed by atoms with Gasteiger partial charge in [0.2, 0.25) is 0 Å². The predicted molar refractivity (Wildman–Crippen MR) is 86.4 cm³/mol. The third-order valence-corrected chi connectivity index (χ3v) is 3.61. The average molecular weight is 301 g/mol. The molecule has 2 aromatic rings. The number of aryl methyl sites for hydroxylation is 1. The second kappa shape index (κ2) is 6.40. The van der Waals surface area contributed by atoms with E-state index < -0.39 is 6.04 Å². The van der Waals surface area contributed by atoms with Crippen LogP contribution >= 0.6 is 0 Å². The van der Waals surface area contributed by atoms with Gasteiger partial charge in [-0.3, -0.25) is 10.1 Å². The van der Waals surface area contributed by atoms with E-state index in [2.05, 4.69) is 15.3 Å². The van der Waals surface area contributed by atoms with Crippen molar-refractivity contribution in [3.05, 3.63) is 35.8 Å². The monoisotopic (exact) mass is 301 g/mol. The lowest BCUT2D eigenvalue weighted by Crippen LogP contribution is -2.47. The van der Waals surface area contributed by atoms with E-state index in [-0.39, 0.29) is 11.4 Å². The maximum absolute atomic E-state index is 11.9. The van der Waals surface area contributed by atoms with Gasteiger partial charge < -0.3 is 4.74 Å². The zero-order chi connectivity index (χ0) is 16.3. The Labute approximate surface area is 131 Å². The van der Waals surface area contributed by atoms with Crippen molar-refractivity contribution in [1.82, 2.24) is 15.3 Å². The van der Waals surface area contributed by atoms with Gasteiger partial charge in [-0.1, -0.05) is 39.0 Å². The number of rotatable bonds is 4. The van der Waals surface area contributed by atoms with Gasteiger partial charge in [-0.05, 0) is 18.4 Å². The van der Waals surface area contributed by atoms with Crippen molar-refractivity contribution in [2.45, 2.75) is 40.3 Å². The molecule has 1 aromatic carbocycles. The number of para-hydroxylation sites is 1. The van der Waals surface area contributed by atoms with Gasteiger partial charge >= 0.3 is 5.97 Å². The highest BCUT2D eigenvalue weighted by molar-refractivity contribution is 5.80. The number of nitrogens with zero attached hydrogens (tertiary/aromatic N) is 2. The molecule has 1 heterocycles. The summed E-state index contributed by atoms with van der Waals surface area (Å²) in [5, 5.41) is 4.27. The summed E-state index contributed by atoms with van der Waals surface area (Å²) in [5.74, 6) is 0.402. The molecule has 22 heavy (non-hydrogen) atoms. The minimum atomic E-state index is -0.409. The van der Waals surface area contributed by atoms with Crippen LogP contribution in [0.1, 0.15) is 32.3 Å². The van der Waals surface area contributed by atoms with Gasteiger partial charge in [0.05, 0.1) is 19.2 Å². The topological polar surface area (TPSA) is 64.1 Å². The number of hydrogen-bond donors (Lipinski definition) is 1. The molecule has 0 fully saturated rings. The van der Waals surface area contributed by atoms with Crippen molar-refractivity contribution in [3.63, 3.8) is 0 Å². The fraction of sp³-hybridized carbons (Fsp3) is 0.471. The van der Waals surface area contributed by atoms with Crippen LogP contribution in [0.5, 0.6) is 0 Å². The van der Waals surface area contributed by atoms with Crippen LogP contribution < -0.4 is 5.32 Å². The van der Waals surface area contributed by atoms with Crippen LogP contribution in [-0.2, 0) is 16.1 Å². The third-order valence-electron chi connectivity index (χ3n) is 3.61. The lowest BCUT2D eigenvalue weighted by molar-refractivity contribution is -0.146. The molecule has 0 saturated carbocycles. The van der Waals surface area contributed by atoms with Crippen LogP contribution in [0.15, 0.2) is 24.3 Å². The minimum absolute atomic E-state index is 0.251. The molecule has 1 N–H and O–H groups in total. The first-order chi connectivity index (χ1) is 10.3. The highest BCUT2D eigenvalue weighted by atomic mass is 16.5. The smallest absolute Gasteiger partial charge is 0.323 e. The highest BCUT2D eigenvalue weighted by Gasteiger charge is 2.31. The van der Waals surface area contributed by atoms with Crippen LogP contribution in [0.2, 0.25) is 0 Å². The minimum Gasteiger partial charge on any atom is -0.468 e. The Hall–Kier alpha value is -2.01. The van der Waals surface area contributed by atoms with Crippen molar-refractivity contribution in [1.29, 1.82) is 0 Å². The quantitative estimate of drug-likeness (QED) is 0.879. The van der Waals surface area contributed by atoms with E-state index in [4.69, 9.17) is 4.74 Å². The Morgan fingerprint density at radius 1 is 1.27 bits per heavy atom. The lowest BCUT2D eigenvalue weighted by Gasteiger charge is -2.29. The number of fused-ring (bicyclic) bond motifs is 1. The Morgan fingerprint density at radius 2 is 1.95 bits per heavy atom. The summed E-state index contributed by atoms with van der Waals surface area (Å²) in [6, 6.07) is 7.50. The number of aromatic nitrogens is 2. The number of esters is 1. The van der Waals surface area contributed by atoms with Gasteiger partial charge in [-0.2, -0.15) is 0 Å². The molecule has 0 amide bonds. The van der Waals surface area contributed by atoms with E-state index in [1.807, 2.05) is 52.0 Å². The van der Waals surface area contributed by atoms with Crippen molar-refractivity contribution in [3.8, 4) is 0 Å². The van der Waals surface area contributed by atoms with Crippen LogP contribution in [0.4, 0.5) is 0 Å². The molecule has 1 atom stereocenters. The third kappa shape index (κ3) is 3.60. The molecule has 5 nitrogen and oxygen atoms in total. The first-order valence-corrected chi connectivity index (χ1v) is 7.36. The number of benzene rings is 1. The molecule has 0 unspecified atom stereocenters. The Kier molecular flexibility index (Phi) is 4.76. The molecule has 0 aliphatic rings. The zero-order valence-corrected chi connectivity index (χ0v) is 13.8. The van der Waals surface area contributed by atoms with Gasteiger partial charge in [0.1, 0.15) is 11.9 Å². The SMILES string of the molecule is COC(=O)[C@@H](NCc1nc(C)c2ccccc2n1)C(C)(C)C. The number of carbonyl (C=O) groups excluding carboxylic acids is 1. The number of nitrogens with one attached hydrogen (secondary N) is 1. The molecule has 0 aliphatic heterocycles. The maximum atomic E-state index is 11.9. The molecule has 0 saturated heterocycles. The van der Waals surface area contributed by atoms with E-state index in [1.165, 1.54) is 7.11 Å². The van der Waals surface area contributed by atoms with Gasteiger partial charge in [-0.15, -0.1) is 0 Å². The number of hydrogen-bond acceptors (Lipinski definition) is 5. The predicted octanol–water partition coefficient (Wildman–Crippen LogP) is 2.62. The van der Waals surface area contributed by atoms with E-state index >= 15 is 0 Å². The fourth-order valence-corrected chi connectivity index (χ4v) is 2.43. The molecule has 118 valence electrons. The summed E-state index contributed by atoms with van der Waals surface area (Å²) >= 11 is 0. The molecule has 0 spiro atoms. The van der Waals surface area contributed by atoms with Crippen LogP contribution in [-0.4, -0.2) is 29.1 Å². The number of ether oxygens (including phenoxy) is 1. The van der Waals surface area contributed by atoms with Gasteiger partial charge in [0.15, 0.2) is 0 Å². The summed E-state index contributed by atoms with van der Waals surface area (Å²) in [7, 11) is 1.40. The average Bonchev–Trinajstić information content (AvgIpc) is 2.46. The molecular weight excluding hydrogens is 278 g/mol. The summed E-state index contributed by atoms with van der Waals surface area (Å²) < 4.78 is 4.88. The van der Waals surface area contributed by atoms with Gasteiger partial charge in [0.25, 0.3) is 0 Å². The van der Waals surface area contributed by atoms with E-state index in [1.54, 1.807) is 0 Å². The summed E-state index contributed by atoms with van der Waals surface area (Å²) in [6.07, 6.45) is 0. The lowest BCUT2D eigenvalue weighted by atomic mass is 9.87. The van der Waals surface area contributed by atoms with Crippen molar-refractivity contribution < 1.29 is 9.53 Å². The van der Waals surface area contributed by atoms with E-state index in [0.29, 0.717) is 12.4 Å². The first-order valence-electron chi connectivity index (χ1n) is 7.36. The molecule has 5 heteroatoms. The molecule has 0 radical (unpaired) electrons. The first kappa shape index (κ1) is 16.4. The second-order valence-electron chi connectivity index (χ2n) is 6.45. The van der Waals surface area contributed by atoms with Crippen molar-refractivity contribution in [2.75, 3.05) is 7.11 Å². The van der Waals surface area contributed by atoms with Gasteiger partial charge in [0, 0.05) is 11.1 Å². The standard InChI is InChI=1S/C17H23N3O2/c1-11-12-8-6-7-9-13(12)20-14(19-11)10-18-15(16(21)22-5)17(2,3)4/h6-9,15,18H,10H2,1-5H3/t15-/m1/s1. The summed E-state index contributed by atoms with van der Waals surface area (Å²) in [5.41, 5.74) is 1.60. The number of carbonyl (C=O) groups is 1. The zero-order valence-electron chi connectivity index (χ0n) is 13.8. The molecule has 1 aromatic heterocycles. The molecular formula is C17H23N3O2. The summed E-state index contributed by atoms with van der Waals surface area (Å²) in [6.45, 7) is 8.37. The Balaban J connectivity index is 2.21. The molecule has 2 rings (SSSR count). The molecule has 0 bridgehead atoms. The van der Waals surface area contributed by atoms with Crippen LogP contribution in [0.25, 0.3) is 10.9 Å². The number of methoxy groups -OCH3 is 1. The van der Waals surface area contributed by atoms with E-state index in [0.717, 1.165) is 16.6 Å². The highest BCUT2D eigenvalue weighted by Crippen LogP contribution is 2.21. The summed E-state index contributed by atoms with van der Waals surface area (Å²) in [4.78, 5) is 21.0. The fourth-order valence-electron chi connectivity index (χ4n) is 2.43. The maximum Gasteiger partial charge on any atom is 0.323 e. The second-order valence-corrected chi connectivity index (χ2v) is 6.45. The van der Waals surface area contributed by atoms with E-state index in [9.17, 15) is 4.79 Å².